The highest BCUT2D eigenvalue weighted by Gasteiger charge is 2.34. The number of halogens is 1. The quantitative estimate of drug-likeness (QED) is 0.867. The van der Waals surface area contributed by atoms with Crippen LogP contribution >= 0.6 is 0 Å². The average Bonchev–Trinajstić information content (AvgIpc) is 2.29. The molecule has 0 bridgehead atoms. The molecule has 6 heteroatoms. The van der Waals surface area contributed by atoms with Crippen molar-refractivity contribution in [2.24, 2.45) is 0 Å². The first-order valence-electron chi connectivity index (χ1n) is 5.66. The molecule has 1 N–H and O–H groups in total. The number of morpholine rings is 1. The number of aromatic nitrogens is 1. The topological polar surface area (TPSA) is 62.7 Å². The first-order valence-corrected chi connectivity index (χ1v) is 5.66. The van der Waals surface area contributed by atoms with E-state index in [0.717, 1.165) is 6.07 Å². The monoisotopic (exact) mass is 254 g/mol. The fourth-order valence-electron chi connectivity index (χ4n) is 2.04. The number of carboxylic acids is 1. The van der Waals surface area contributed by atoms with Gasteiger partial charge in [0.25, 0.3) is 0 Å². The molecule has 1 fully saturated rings. The number of carbonyl (C=O) groups is 1. The number of nitrogens with zero attached hydrogens (tertiary/aromatic N) is 2. The molecule has 1 aromatic heterocycles. The third-order valence-corrected chi connectivity index (χ3v) is 3.00. The van der Waals surface area contributed by atoms with Crippen LogP contribution in [0.4, 0.5) is 10.2 Å². The summed E-state index contributed by atoms with van der Waals surface area (Å²) >= 11 is 0. The summed E-state index contributed by atoms with van der Waals surface area (Å²) in [6.45, 7) is 5.22. The van der Waals surface area contributed by atoms with Crippen molar-refractivity contribution < 1.29 is 19.0 Å². The Hall–Kier alpha value is -1.69. The van der Waals surface area contributed by atoms with Gasteiger partial charge in [0.15, 0.2) is 11.6 Å². The van der Waals surface area contributed by atoms with Crippen molar-refractivity contribution in [3.8, 4) is 0 Å². The number of rotatable bonds is 2. The van der Waals surface area contributed by atoms with E-state index >= 15 is 0 Å². The van der Waals surface area contributed by atoms with E-state index in [0.29, 0.717) is 19.8 Å². The van der Waals surface area contributed by atoms with Crippen LogP contribution in [-0.2, 0) is 4.74 Å². The van der Waals surface area contributed by atoms with Crippen LogP contribution < -0.4 is 4.90 Å². The third kappa shape index (κ3) is 2.15. The van der Waals surface area contributed by atoms with E-state index < -0.39 is 17.3 Å². The van der Waals surface area contributed by atoms with Crippen molar-refractivity contribution >= 4 is 11.8 Å². The molecule has 98 valence electrons. The van der Waals surface area contributed by atoms with Crippen molar-refractivity contribution in [2.75, 3.05) is 24.7 Å². The lowest BCUT2D eigenvalue weighted by atomic mass is 10.0. The minimum Gasteiger partial charge on any atom is -0.478 e. The maximum absolute atomic E-state index is 14.1. The van der Waals surface area contributed by atoms with Crippen molar-refractivity contribution in [3.05, 3.63) is 23.6 Å². The molecule has 0 saturated carbocycles. The van der Waals surface area contributed by atoms with Gasteiger partial charge in [-0.2, -0.15) is 0 Å². The molecule has 0 amide bonds. The predicted octanol–water partition coefficient (Wildman–Crippen LogP) is 1.53. The zero-order valence-electron chi connectivity index (χ0n) is 10.3. The van der Waals surface area contributed by atoms with Crippen molar-refractivity contribution in [2.45, 2.75) is 19.4 Å². The van der Waals surface area contributed by atoms with Gasteiger partial charge in [-0.05, 0) is 19.9 Å². The van der Waals surface area contributed by atoms with Gasteiger partial charge in [-0.25, -0.2) is 14.2 Å². The number of hydrogen-bond acceptors (Lipinski definition) is 4. The van der Waals surface area contributed by atoms with Gasteiger partial charge in [0, 0.05) is 12.7 Å². The molecule has 2 heterocycles. The van der Waals surface area contributed by atoms with E-state index in [1.165, 1.54) is 6.20 Å². The average molecular weight is 254 g/mol. The van der Waals surface area contributed by atoms with Crippen LogP contribution in [-0.4, -0.2) is 41.4 Å². The molecule has 1 aromatic rings. The lowest BCUT2D eigenvalue weighted by Crippen LogP contribution is -2.54. The molecule has 18 heavy (non-hydrogen) atoms. The Balaban J connectivity index is 2.44. The highest BCUT2D eigenvalue weighted by atomic mass is 19.1. The molecule has 0 aliphatic carbocycles. The van der Waals surface area contributed by atoms with E-state index in [-0.39, 0.29) is 11.4 Å². The Kier molecular flexibility index (Phi) is 3.21. The van der Waals surface area contributed by atoms with Crippen LogP contribution in [0.5, 0.6) is 0 Å². The SMILES string of the molecule is CC1(C)COCCN1c1nccc(C(=O)O)c1F. The maximum atomic E-state index is 14.1. The van der Waals surface area contributed by atoms with E-state index in [1.807, 2.05) is 13.8 Å². The Bertz CT molecular complexity index is 476. The first-order chi connectivity index (χ1) is 8.43. The lowest BCUT2D eigenvalue weighted by molar-refractivity contribution is 0.0631. The van der Waals surface area contributed by atoms with E-state index in [2.05, 4.69) is 4.98 Å². The fourth-order valence-corrected chi connectivity index (χ4v) is 2.04. The molecule has 1 saturated heterocycles. The molecule has 0 atom stereocenters. The number of ether oxygens (including phenoxy) is 1. The normalized spacial score (nSPS) is 18.7. The number of anilines is 1. The van der Waals surface area contributed by atoms with Crippen LogP contribution in [0.1, 0.15) is 24.2 Å². The summed E-state index contributed by atoms with van der Waals surface area (Å²) in [6.07, 6.45) is 1.31. The zero-order valence-corrected chi connectivity index (χ0v) is 10.3. The largest absolute Gasteiger partial charge is 0.478 e. The van der Waals surface area contributed by atoms with Gasteiger partial charge in [-0.1, -0.05) is 0 Å². The Morgan fingerprint density at radius 1 is 1.61 bits per heavy atom. The Labute approximate surface area is 104 Å². The maximum Gasteiger partial charge on any atom is 0.338 e. The lowest BCUT2D eigenvalue weighted by Gasteiger charge is -2.43. The van der Waals surface area contributed by atoms with Crippen LogP contribution in [0.2, 0.25) is 0 Å². The van der Waals surface area contributed by atoms with Crippen LogP contribution in [0.25, 0.3) is 0 Å². The summed E-state index contributed by atoms with van der Waals surface area (Å²) in [6, 6.07) is 1.16. The van der Waals surface area contributed by atoms with Crippen LogP contribution in [0, 0.1) is 5.82 Å². The Morgan fingerprint density at radius 3 is 2.94 bits per heavy atom. The van der Waals surface area contributed by atoms with Gasteiger partial charge in [-0.15, -0.1) is 0 Å². The van der Waals surface area contributed by atoms with E-state index in [4.69, 9.17) is 9.84 Å². The van der Waals surface area contributed by atoms with Gasteiger partial charge in [0.05, 0.1) is 18.8 Å². The standard InChI is InChI=1S/C12H15FN2O3/c1-12(2)7-18-6-5-15(12)10-9(13)8(11(16)17)3-4-14-10/h3-4H,5-7H2,1-2H3,(H,16,17). The third-order valence-electron chi connectivity index (χ3n) is 3.00. The van der Waals surface area contributed by atoms with Crippen LogP contribution in [0.15, 0.2) is 12.3 Å². The molecule has 0 spiro atoms. The summed E-state index contributed by atoms with van der Waals surface area (Å²) in [5.74, 6) is -2.01. The molecular weight excluding hydrogens is 239 g/mol. The highest BCUT2D eigenvalue weighted by Crippen LogP contribution is 2.28. The summed E-state index contributed by atoms with van der Waals surface area (Å²) in [5, 5.41) is 8.91. The molecular formula is C12H15FN2O3. The number of pyridine rings is 1. The molecule has 1 aliphatic rings. The zero-order chi connectivity index (χ0) is 13.3. The van der Waals surface area contributed by atoms with E-state index in [1.54, 1.807) is 4.90 Å². The van der Waals surface area contributed by atoms with Gasteiger partial charge in [0.1, 0.15) is 5.56 Å². The fraction of sp³-hybridized carbons (Fsp3) is 0.500. The Morgan fingerprint density at radius 2 is 2.33 bits per heavy atom. The van der Waals surface area contributed by atoms with Gasteiger partial charge >= 0.3 is 5.97 Å². The predicted molar refractivity (Wildman–Crippen MR) is 63.4 cm³/mol. The minimum absolute atomic E-state index is 0.0724. The summed E-state index contributed by atoms with van der Waals surface area (Å²) in [4.78, 5) is 16.6. The molecule has 2 rings (SSSR count). The molecule has 5 nitrogen and oxygen atoms in total. The number of carboxylic acid groups (broad SMARTS) is 1. The van der Waals surface area contributed by atoms with Gasteiger partial charge < -0.3 is 14.7 Å². The molecule has 1 aliphatic heterocycles. The van der Waals surface area contributed by atoms with Crippen LogP contribution in [0.3, 0.4) is 0 Å². The van der Waals surface area contributed by atoms with Crippen molar-refractivity contribution in [3.63, 3.8) is 0 Å². The number of aromatic carboxylic acids is 1. The number of hydrogen-bond donors (Lipinski definition) is 1. The van der Waals surface area contributed by atoms with Gasteiger partial charge in [-0.3, -0.25) is 0 Å². The van der Waals surface area contributed by atoms with Crippen molar-refractivity contribution in [1.29, 1.82) is 0 Å². The van der Waals surface area contributed by atoms with Gasteiger partial charge in [0.2, 0.25) is 0 Å². The molecule has 0 unspecified atom stereocenters. The highest BCUT2D eigenvalue weighted by molar-refractivity contribution is 5.88. The second kappa shape index (κ2) is 4.53. The molecule has 0 aromatic carbocycles. The smallest absolute Gasteiger partial charge is 0.338 e. The second-order valence-electron chi connectivity index (χ2n) is 4.82. The summed E-state index contributed by atoms with van der Waals surface area (Å²) in [5.41, 5.74) is -0.772. The van der Waals surface area contributed by atoms with Crippen molar-refractivity contribution in [1.82, 2.24) is 4.98 Å². The second-order valence-corrected chi connectivity index (χ2v) is 4.82. The summed E-state index contributed by atoms with van der Waals surface area (Å²) in [7, 11) is 0. The molecule has 0 radical (unpaired) electrons. The minimum atomic E-state index is -1.29. The first kappa shape index (κ1) is 12.8. The summed E-state index contributed by atoms with van der Waals surface area (Å²) < 4.78 is 19.5. The van der Waals surface area contributed by atoms with E-state index in [9.17, 15) is 9.18 Å².